The molecule has 0 radical (unpaired) electrons. The second-order valence-corrected chi connectivity index (χ2v) is 6.73. The van der Waals surface area contributed by atoms with Gasteiger partial charge in [0.15, 0.2) is 0 Å². The molecule has 1 N–H and O–H groups in total. The summed E-state index contributed by atoms with van der Waals surface area (Å²) in [5, 5.41) is 3.17. The molecule has 2 aromatic rings. The van der Waals surface area contributed by atoms with Gasteiger partial charge < -0.3 is 5.32 Å². The Bertz CT molecular complexity index is 824. The van der Waals surface area contributed by atoms with Crippen molar-refractivity contribution in [3.63, 3.8) is 0 Å². The fraction of sp³-hybridized carbons (Fsp3) is 0.280. The third-order valence-electron chi connectivity index (χ3n) is 4.88. The van der Waals surface area contributed by atoms with Gasteiger partial charge in [0.25, 0.3) is 0 Å². The monoisotopic (exact) mass is 345 g/mol. The topological polar surface area (TPSA) is 12.0 Å². The highest BCUT2D eigenvalue weighted by molar-refractivity contribution is 5.73. The minimum atomic E-state index is 0.887. The van der Waals surface area contributed by atoms with E-state index in [2.05, 4.69) is 81.7 Å². The van der Waals surface area contributed by atoms with E-state index in [1.807, 2.05) is 13.1 Å². The molecule has 0 spiro atoms. The maximum atomic E-state index is 4.13. The minimum absolute atomic E-state index is 0.887. The summed E-state index contributed by atoms with van der Waals surface area (Å²) in [6.07, 6.45) is 6.99. The van der Waals surface area contributed by atoms with E-state index in [1.54, 1.807) is 0 Å². The fourth-order valence-corrected chi connectivity index (χ4v) is 3.23. The van der Waals surface area contributed by atoms with Crippen LogP contribution in [0.4, 0.5) is 0 Å². The first kappa shape index (κ1) is 19.8. The molecule has 26 heavy (non-hydrogen) atoms. The van der Waals surface area contributed by atoms with Gasteiger partial charge in [-0.3, -0.25) is 0 Å². The van der Waals surface area contributed by atoms with Gasteiger partial charge in [-0.25, -0.2) is 0 Å². The lowest BCUT2D eigenvalue weighted by molar-refractivity contribution is 1.09. The van der Waals surface area contributed by atoms with E-state index >= 15 is 0 Å². The van der Waals surface area contributed by atoms with Crippen molar-refractivity contribution in [2.24, 2.45) is 0 Å². The predicted octanol–water partition coefficient (Wildman–Crippen LogP) is 6.12. The molecule has 0 bridgehead atoms. The minimum Gasteiger partial charge on any atom is -0.388 e. The smallest absolute Gasteiger partial charge is 0.0338 e. The van der Waals surface area contributed by atoms with Gasteiger partial charge in [-0.1, -0.05) is 63.4 Å². The molecule has 0 unspecified atom stereocenters. The van der Waals surface area contributed by atoms with Gasteiger partial charge in [-0.2, -0.15) is 0 Å². The quantitative estimate of drug-likeness (QED) is 0.568. The van der Waals surface area contributed by atoms with Crippen molar-refractivity contribution in [3.8, 4) is 0 Å². The third-order valence-corrected chi connectivity index (χ3v) is 4.88. The first-order chi connectivity index (χ1) is 12.5. The molecule has 0 aliphatic heterocycles. The van der Waals surface area contributed by atoms with Gasteiger partial charge >= 0.3 is 0 Å². The number of hydrogen-bond acceptors (Lipinski definition) is 1. The summed E-state index contributed by atoms with van der Waals surface area (Å²) < 4.78 is 0. The van der Waals surface area contributed by atoms with E-state index in [4.69, 9.17) is 0 Å². The summed E-state index contributed by atoms with van der Waals surface area (Å²) in [7, 11) is 1.92. The maximum absolute atomic E-state index is 4.13. The number of benzene rings is 2. The van der Waals surface area contributed by atoms with Crippen LogP contribution in [0, 0.1) is 6.92 Å². The van der Waals surface area contributed by atoms with Gasteiger partial charge in [-0.15, -0.1) is 0 Å². The summed E-state index contributed by atoms with van der Waals surface area (Å²) in [5.41, 5.74) is 10.1. The molecular weight excluding hydrogens is 314 g/mol. The molecule has 0 saturated heterocycles. The molecule has 0 fully saturated rings. The zero-order chi connectivity index (χ0) is 19.1. The molecule has 0 atom stereocenters. The van der Waals surface area contributed by atoms with Crippen LogP contribution in [-0.2, 0) is 19.3 Å². The Morgan fingerprint density at radius 2 is 1.69 bits per heavy atom. The van der Waals surface area contributed by atoms with Crippen molar-refractivity contribution in [1.29, 1.82) is 0 Å². The fourth-order valence-electron chi connectivity index (χ4n) is 3.23. The number of hydrogen-bond donors (Lipinski definition) is 1. The maximum Gasteiger partial charge on any atom is 0.0338 e. The van der Waals surface area contributed by atoms with Crippen LogP contribution in [0.1, 0.15) is 47.2 Å². The molecule has 0 aliphatic carbocycles. The molecule has 0 aromatic heterocycles. The molecule has 2 aromatic carbocycles. The first-order valence-corrected chi connectivity index (χ1v) is 9.43. The highest BCUT2D eigenvalue weighted by Gasteiger charge is 2.09. The van der Waals surface area contributed by atoms with Gasteiger partial charge in [0.1, 0.15) is 0 Å². The number of nitrogens with one attached hydrogen (secondary N) is 1. The molecule has 136 valence electrons. The Labute approximate surface area is 159 Å². The highest BCUT2D eigenvalue weighted by Crippen LogP contribution is 2.26. The summed E-state index contributed by atoms with van der Waals surface area (Å²) >= 11 is 0. The van der Waals surface area contributed by atoms with E-state index < -0.39 is 0 Å². The van der Waals surface area contributed by atoms with Crippen LogP contribution < -0.4 is 5.32 Å². The molecule has 0 amide bonds. The van der Waals surface area contributed by atoms with Crippen LogP contribution in [0.15, 0.2) is 61.7 Å². The summed E-state index contributed by atoms with van der Waals surface area (Å²) in [4.78, 5) is 0. The van der Waals surface area contributed by atoms with Crippen molar-refractivity contribution >= 4 is 11.3 Å². The van der Waals surface area contributed by atoms with Gasteiger partial charge in [0.2, 0.25) is 0 Å². The van der Waals surface area contributed by atoms with Gasteiger partial charge in [0, 0.05) is 12.7 Å². The summed E-state index contributed by atoms with van der Waals surface area (Å²) in [5.74, 6) is 0. The first-order valence-electron chi connectivity index (χ1n) is 9.43. The van der Waals surface area contributed by atoms with Crippen LogP contribution in [0.2, 0.25) is 0 Å². The Morgan fingerprint density at radius 1 is 1.00 bits per heavy atom. The molecule has 0 heterocycles. The molecular formula is C25H31N. The average molecular weight is 346 g/mol. The zero-order valence-corrected chi connectivity index (χ0v) is 16.7. The van der Waals surface area contributed by atoms with Crippen molar-refractivity contribution in [2.45, 2.75) is 40.0 Å². The van der Waals surface area contributed by atoms with Crippen molar-refractivity contribution in [3.05, 3.63) is 95.1 Å². The molecule has 0 saturated carbocycles. The number of rotatable bonds is 8. The van der Waals surface area contributed by atoms with Crippen LogP contribution in [0.3, 0.4) is 0 Å². The Kier molecular flexibility index (Phi) is 7.03. The van der Waals surface area contributed by atoms with E-state index in [1.165, 1.54) is 39.0 Å². The van der Waals surface area contributed by atoms with Gasteiger partial charge in [-0.05, 0) is 77.3 Å². The number of allylic oxidation sites excluding steroid dienone is 3. The van der Waals surface area contributed by atoms with Crippen LogP contribution in [0.25, 0.3) is 11.3 Å². The average Bonchev–Trinajstić information content (AvgIpc) is 2.67. The zero-order valence-electron chi connectivity index (χ0n) is 16.7. The van der Waals surface area contributed by atoms with E-state index in [-0.39, 0.29) is 0 Å². The van der Waals surface area contributed by atoms with Crippen molar-refractivity contribution in [2.75, 3.05) is 7.05 Å². The second kappa shape index (κ2) is 9.24. The van der Waals surface area contributed by atoms with Crippen molar-refractivity contribution < 1.29 is 0 Å². The lowest BCUT2D eigenvalue weighted by Crippen LogP contribution is -2.04. The van der Waals surface area contributed by atoms with E-state index in [9.17, 15) is 0 Å². The molecule has 2 rings (SSSR count). The molecule has 1 heteroatoms. The third kappa shape index (κ3) is 4.76. The van der Waals surface area contributed by atoms with Crippen LogP contribution in [0.5, 0.6) is 0 Å². The second-order valence-electron chi connectivity index (χ2n) is 6.73. The van der Waals surface area contributed by atoms with E-state index in [0.717, 1.165) is 25.0 Å². The van der Waals surface area contributed by atoms with Crippen molar-refractivity contribution in [1.82, 2.24) is 5.32 Å². The lowest BCUT2D eigenvalue weighted by Gasteiger charge is -2.15. The summed E-state index contributed by atoms with van der Waals surface area (Å²) in [6, 6.07) is 13.5. The van der Waals surface area contributed by atoms with E-state index in [0.29, 0.717) is 0 Å². The SMILES string of the molecule is C=C/C=C(/Cc1cc(CC)cc(C(=C)NC)c1)c1cc(CC)ccc1C. The van der Waals surface area contributed by atoms with Crippen LogP contribution in [-0.4, -0.2) is 7.05 Å². The summed E-state index contributed by atoms with van der Waals surface area (Å²) in [6.45, 7) is 14.6. The Balaban J connectivity index is 2.47. The molecule has 1 nitrogen and oxygen atoms in total. The molecule has 0 aliphatic rings. The lowest BCUT2D eigenvalue weighted by atomic mass is 9.91. The number of aryl methyl sites for hydroxylation is 3. The van der Waals surface area contributed by atoms with Gasteiger partial charge in [0.05, 0.1) is 0 Å². The normalized spacial score (nSPS) is 11.3. The van der Waals surface area contributed by atoms with Crippen LogP contribution >= 0.6 is 0 Å². The largest absolute Gasteiger partial charge is 0.388 e. The standard InChI is InChI=1S/C25H31N/c1-7-10-23(25-17-20(8-2)12-11-18(25)4)15-22-13-21(9-3)14-24(16-22)19(5)26-6/h7,10-14,16-17,26H,1,5,8-9,15H2,2-4,6H3/b23-10-. The Hall–Kier alpha value is -2.54. The Morgan fingerprint density at radius 3 is 2.31 bits per heavy atom. The highest BCUT2D eigenvalue weighted by atomic mass is 14.8. The predicted molar refractivity (Wildman–Crippen MR) is 116 cm³/mol.